The summed E-state index contributed by atoms with van der Waals surface area (Å²) >= 11 is 0. The van der Waals surface area contributed by atoms with E-state index in [2.05, 4.69) is 19.9 Å². The second-order valence-electron chi connectivity index (χ2n) is 7.99. The third-order valence-electron chi connectivity index (χ3n) is 5.80. The van der Waals surface area contributed by atoms with Gasteiger partial charge in [-0.25, -0.2) is 9.97 Å². The Hall–Kier alpha value is -3.76. The maximum absolute atomic E-state index is 12.7. The van der Waals surface area contributed by atoms with Crippen molar-refractivity contribution in [3.05, 3.63) is 70.0 Å². The van der Waals surface area contributed by atoms with E-state index in [0.717, 1.165) is 17.8 Å². The summed E-state index contributed by atoms with van der Waals surface area (Å²) in [5, 5.41) is 0. The highest BCUT2D eigenvalue weighted by Crippen LogP contribution is 2.29. The van der Waals surface area contributed by atoms with Crippen molar-refractivity contribution >= 4 is 11.7 Å². The van der Waals surface area contributed by atoms with E-state index in [0.29, 0.717) is 49.1 Å². The zero-order valence-corrected chi connectivity index (χ0v) is 18.5. The zero-order valence-electron chi connectivity index (χ0n) is 18.5. The molecule has 34 heavy (non-hydrogen) atoms. The Morgan fingerprint density at radius 1 is 1.09 bits per heavy atom. The molecule has 0 radical (unpaired) electrons. The molecular formula is C23H23F3N6O2. The molecule has 0 unspecified atom stereocenters. The minimum atomic E-state index is -4.43. The molecule has 1 saturated heterocycles. The van der Waals surface area contributed by atoms with E-state index in [1.807, 2.05) is 4.90 Å². The van der Waals surface area contributed by atoms with Crippen LogP contribution in [0.1, 0.15) is 23.2 Å². The molecule has 1 fully saturated rings. The fourth-order valence-electron chi connectivity index (χ4n) is 3.87. The second-order valence-corrected chi connectivity index (χ2v) is 7.99. The van der Waals surface area contributed by atoms with Crippen LogP contribution in [0.2, 0.25) is 0 Å². The fourth-order valence-corrected chi connectivity index (χ4v) is 3.87. The predicted molar refractivity (Wildman–Crippen MR) is 119 cm³/mol. The number of nitrogens with zero attached hydrogens (tertiary/aromatic N) is 5. The summed E-state index contributed by atoms with van der Waals surface area (Å²) < 4.78 is 38.2. The highest BCUT2D eigenvalue weighted by molar-refractivity contribution is 5.76. The van der Waals surface area contributed by atoms with Gasteiger partial charge in [-0.3, -0.25) is 14.6 Å². The molecule has 1 aliphatic heterocycles. The van der Waals surface area contributed by atoms with E-state index >= 15 is 0 Å². The van der Waals surface area contributed by atoms with Gasteiger partial charge in [-0.15, -0.1) is 0 Å². The molecule has 11 heteroatoms. The van der Waals surface area contributed by atoms with Crippen molar-refractivity contribution in [3.63, 3.8) is 0 Å². The van der Waals surface area contributed by atoms with Crippen molar-refractivity contribution < 1.29 is 18.0 Å². The molecule has 1 aliphatic rings. The van der Waals surface area contributed by atoms with Gasteiger partial charge < -0.3 is 14.8 Å². The van der Waals surface area contributed by atoms with Crippen LogP contribution in [-0.2, 0) is 17.4 Å². The Morgan fingerprint density at radius 2 is 1.79 bits per heavy atom. The number of aromatic nitrogens is 4. The molecule has 3 aromatic rings. The summed E-state index contributed by atoms with van der Waals surface area (Å²) in [6.45, 7) is 3.53. The number of aryl methyl sites for hydroxylation is 1. The first-order valence-electron chi connectivity index (χ1n) is 10.8. The summed E-state index contributed by atoms with van der Waals surface area (Å²) in [4.78, 5) is 43.9. The highest BCUT2D eigenvalue weighted by Gasteiger charge is 2.31. The number of nitrogens with one attached hydrogen (secondary N) is 1. The first kappa shape index (κ1) is 23.4. The summed E-state index contributed by atoms with van der Waals surface area (Å²) in [7, 11) is 0. The first-order chi connectivity index (χ1) is 16.2. The maximum atomic E-state index is 12.7. The SMILES string of the molecule is Cc1nc(-c2ccncc2)[nH]c(=O)c1CCC(=O)N1CCN(c2ccc(C(F)(F)F)cn2)CC1. The Balaban J connectivity index is 1.33. The van der Waals surface area contributed by atoms with E-state index in [9.17, 15) is 22.8 Å². The van der Waals surface area contributed by atoms with Crippen molar-refractivity contribution in [2.75, 3.05) is 31.1 Å². The topological polar surface area (TPSA) is 95.1 Å². The molecule has 1 amide bonds. The second kappa shape index (κ2) is 9.62. The molecule has 0 aliphatic carbocycles. The lowest BCUT2D eigenvalue weighted by Crippen LogP contribution is -2.49. The number of rotatable bonds is 5. The molecule has 0 bridgehead atoms. The quantitative estimate of drug-likeness (QED) is 0.614. The van der Waals surface area contributed by atoms with Gasteiger partial charge in [-0.2, -0.15) is 13.2 Å². The molecule has 0 aromatic carbocycles. The zero-order chi connectivity index (χ0) is 24.3. The fraction of sp³-hybridized carbons (Fsp3) is 0.348. The average molecular weight is 472 g/mol. The third-order valence-corrected chi connectivity index (χ3v) is 5.80. The number of H-pyrrole nitrogens is 1. The molecule has 4 heterocycles. The van der Waals surface area contributed by atoms with Crippen molar-refractivity contribution in [2.24, 2.45) is 0 Å². The van der Waals surface area contributed by atoms with Crippen molar-refractivity contribution in [3.8, 4) is 11.4 Å². The van der Waals surface area contributed by atoms with E-state index in [-0.39, 0.29) is 24.3 Å². The third kappa shape index (κ3) is 5.24. The number of aromatic amines is 1. The lowest BCUT2D eigenvalue weighted by Gasteiger charge is -2.35. The van der Waals surface area contributed by atoms with Gasteiger partial charge in [-0.1, -0.05) is 0 Å². The highest BCUT2D eigenvalue weighted by atomic mass is 19.4. The van der Waals surface area contributed by atoms with Crippen LogP contribution < -0.4 is 10.5 Å². The molecule has 3 aromatic heterocycles. The maximum Gasteiger partial charge on any atom is 0.417 e. The van der Waals surface area contributed by atoms with Gasteiger partial charge in [0.05, 0.1) is 5.56 Å². The number of carbonyl (C=O) groups excluding carboxylic acids is 1. The lowest BCUT2D eigenvalue weighted by molar-refractivity contribution is -0.137. The normalized spacial score (nSPS) is 14.4. The minimum Gasteiger partial charge on any atom is -0.353 e. The van der Waals surface area contributed by atoms with Crippen LogP contribution >= 0.6 is 0 Å². The van der Waals surface area contributed by atoms with Gasteiger partial charge in [0, 0.05) is 68.0 Å². The standard InChI is InChI=1S/C23H23F3N6O2/c1-15-18(22(34)30-21(29-15)16-6-8-27-9-7-16)3-5-20(33)32-12-10-31(11-13-32)19-4-2-17(14-28-19)23(24,25)26/h2,4,6-9,14H,3,5,10-13H2,1H3,(H,29,30,34). The van der Waals surface area contributed by atoms with E-state index < -0.39 is 11.7 Å². The Morgan fingerprint density at radius 3 is 2.38 bits per heavy atom. The molecule has 0 spiro atoms. The van der Waals surface area contributed by atoms with Crippen molar-refractivity contribution in [1.29, 1.82) is 0 Å². The minimum absolute atomic E-state index is 0.0861. The molecule has 1 N–H and O–H groups in total. The molecular weight excluding hydrogens is 449 g/mol. The van der Waals surface area contributed by atoms with Crippen LogP contribution in [0.3, 0.4) is 0 Å². The largest absolute Gasteiger partial charge is 0.417 e. The van der Waals surface area contributed by atoms with Crippen LogP contribution in [0, 0.1) is 6.92 Å². The molecule has 4 rings (SSSR count). The first-order valence-corrected chi connectivity index (χ1v) is 10.8. The molecule has 8 nitrogen and oxygen atoms in total. The van der Waals surface area contributed by atoms with Gasteiger partial charge in [0.1, 0.15) is 11.6 Å². The van der Waals surface area contributed by atoms with Crippen LogP contribution in [0.25, 0.3) is 11.4 Å². The Labute approximate surface area is 193 Å². The van der Waals surface area contributed by atoms with Gasteiger partial charge >= 0.3 is 6.18 Å². The monoisotopic (exact) mass is 472 g/mol. The number of alkyl halides is 3. The number of carbonyl (C=O) groups is 1. The van der Waals surface area contributed by atoms with E-state index in [4.69, 9.17) is 0 Å². The molecule has 0 saturated carbocycles. The number of hydrogen-bond acceptors (Lipinski definition) is 6. The summed E-state index contributed by atoms with van der Waals surface area (Å²) in [6.07, 6.45) is 0.0601. The smallest absolute Gasteiger partial charge is 0.353 e. The van der Waals surface area contributed by atoms with Crippen molar-refractivity contribution in [2.45, 2.75) is 25.9 Å². The summed E-state index contributed by atoms with van der Waals surface area (Å²) in [5.41, 5.74) is 0.725. The van der Waals surface area contributed by atoms with Gasteiger partial charge in [0.15, 0.2) is 0 Å². The number of halogens is 3. The summed E-state index contributed by atoms with van der Waals surface area (Å²) in [6, 6.07) is 5.85. The van der Waals surface area contributed by atoms with Crippen LogP contribution in [0.5, 0.6) is 0 Å². The lowest BCUT2D eigenvalue weighted by atomic mass is 10.1. The van der Waals surface area contributed by atoms with E-state index in [1.165, 1.54) is 6.07 Å². The molecule has 0 atom stereocenters. The van der Waals surface area contributed by atoms with Crippen LogP contribution in [0.4, 0.5) is 19.0 Å². The van der Waals surface area contributed by atoms with Gasteiger partial charge in [0.25, 0.3) is 5.56 Å². The number of piperazine rings is 1. The van der Waals surface area contributed by atoms with Crippen molar-refractivity contribution in [1.82, 2.24) is 24.8 Å². The molecule has 178 valence electrons. The van der Waals surface area contributed by atoms with Crippen LogP contribution in [-0.4, -0.2) is 56.9 Å². The van der Waals surface area contributed by atoms with Gasteiger partial charge in [-0.05, 0) is 37.6 Å². The van der Waals surface area contributed by atoms with Crippen LogP contribution in [0.15, 0.2) is 47.7 Å². The number of pyridine rings is 2. The summed E-state index contributed by atoms with van der Waals surface area (Å²) in [5.74, 6) is 0.813. The Kier molecular flexibility index (Phi) is 6.62. The average Bonchev–Trinajstić information content (AvgIpc) is 2.83. The van der Waals surface area contributed by atoms with E-state index in [1.54, 1.807) is 36.4 Å². The number of anilines is 1. The predicted octanol–water partition coefficient (Wildman–Crippen LogP) is 2.84. The number of hydrogen-bond donors (Lipinski definition) is 1. The Bertz CT molecular complexity index is 1200. The number of amides is 1. The van der Waals surface area contributed by atoms with Gasteiger partial charge in [0.2, 0.25) is 5.91 Å².